The van der Waals surface area contributed by atoms with Crippen molar-refractivity contribution in [2.24, 2.45) is 5.84 Å². The lowest BCUT2D eigenvalue weighted by molar-refractivity contribution is -0.165. The summed E-state index contributed by atoms with van der Waals surface area (Å²) >= 11 is 0. The first-order valence-electron chi connectivity index (χ1n) is 5.55. The molecule has 1 aromatic heterocycles. The Kier molecular flexibility index (Phi) is 8.79. The fourth-order valence-corrected chi connectivity index (χ4v) is 1.02. The number of carbonyl (C=O) groups is 2. The van der Waals surface area contributed by atoms with E-state index < -0.39 is 24.1 Å². The summed E-state index contributed by atoms with van der Waals surface area (Å²) in [6.07, 6.45) is -1.86. The quantitative estimate of drug-likeness (QED) is 0.255. The van der Waals surface area contributed by atoms with E-state index in [0.717, 1.165) is 18.7 Å². The van der Waals surface area contributed by atoms with Crippen molar-refractivity contribution in [2.45, 2.75) is 18.6 Å². The first kappa shape index (κ1) is 17.9. The first-order valence-corrected chi connectivity index (χ1v) is 5.55. The van der Waals surface area contributed by atoms with Crippen LogP contribution in [0.25, 0.3) is 0 Å². The van der Waals surface area contributed by atoms with Crippen LogP contribution in [0.2, 0.25) is 0 Å². The third kappa shape index (κ3) is 7.38. The van der Waals surface area contributed by atoms with E-state index in [9.17, 15) is 9.59 Å². The number of nitrogens with zero attached hydrogens (tertiary/aromatic N) is 1. The molecule has 0 fully saturated rings. The smallest absolute Gasteiger partial charge is 0.335 e. The summed E-state index contributed by atoms with van der Waals surface area (Å²) in [7, 11) is 0. The average Bonchev–Trinajstić information content (AvgIpc) is 2.45. The molecule has 0 radical (unpaired) electrons. The van der Waals surface area contributed by atoms with Gasteiger partial charge in [0.15, 0.2) is 12.2 Å². The van der Waals surface area contributed by atoms with Gasteiger partial charge < -0.3 is 20.4 Å². The minimum Gasteiger partial charge on any atom is -0.479 e. The van der Waals surface area contributed by atoms with Crippen LogP contribution >= 0.6 is 0 Å². The van der Waals surface area contributed by atoms with Crippen molar-refractivity contribution in [3.05, 3.63) is 30.1 Å². The van der Waals surface area contributed by atoms with Gasteiger partial charge in [-0.05, 0) is 12.1 Å². The summed E-state index contributed by atoms with van der Waals surface area (Å²) in [5, 5.41) is 32.5. The van der Waals surface area contributed by atoms with Crippen LogP contribution in [0, 0.1) is 0 Å². The summed E-state index contributed by atoms with van der Waals surface area (Å²) in [5.74, 6) is 1.56. The van der Waals surface area contributed by atoms with Gasteiger partial charge in [-0.15, -0.1) is 0 Å². The molecule has 9 heteroatoms. The molecule has 0 amide bonds. The zero-order chi connectivity index (χ0) is 15.5. The molecule has 0 bridgehead atoms. The fourth-order valence-electron chi connectivity index (χ4n) is 1.02. The van der Waals surface area contributed by atoms with Crippen LogP contribution < -0.4 is 11.3 Å². The second kappa shape index (κ2) is 9.81. The van der Waals surface area contributed by atoms with Gasteiger partial charge in [0.25, 0.3) is 0 Å². The van der Waals surface area contributed by atoms with Crippen molar-refractivity contribution in [1.82, 2.24) is 10.4 Å². The molecule has 1 rings (SSSR count). The van der Waals surface area contributed by atoms with E-state index in [1.807, 2.05) is 18.2 Å². The molecule has 0 aliphatic carbocycles. The molecule has 0 aromatic carbocycles. The number of aliphatic carboxylic acids is 2. The zero-order valence-electron chi connectivity index (χ0n) is 10.5. The molecule has 0 aliphatic rings. The van der Waals surface area contributed by atoms with Crippen LogP contribution in [0.3, 0.4) is 0 Å². The molecular weight excluding hydrogens is 270 g/mol. The molecule has 0 aliphatic heterocycles. The van der Waals surface area contributed by atoms with E-state index in [0.29, 0.717) is 0 Å². The van der Waals surface area contributed by atoms with Gasteiger partial charge in [-0.1, -0.05) is 6.07 Å². The van der Waals surface area contributed by atoms with Gasteiger partial charge in [-0.2, -0.15) is 0 Å². The van der Waals surface area contributed by atoms with Crippen LogP contribution in [0.4, 0.5) is 0 Å². The normalized spacial score (nSPS) is 12.8. The van der Waals surface area contributed by atoms with Gasteiger partial charge in [-0.25, -0.2) is 9.59 Å². The largest absolute Gasteiger partial charge is 0.479 e. The number of nitrogens with one attached hydrogen (secondary N) is 1. The number of hydrogen-bond donors (Lipinski definition) is 6. The summed E-state index contributed by atoms with van der Waals surface area (Å²) in [6, 6.07) is 5.86. The average molecular weight is 287 g/mol. The first-order chi connectivity index (χ1) is 9.40. The SMILES string of the molecule is NNCCc1ccccn1.O=C(O)C(O)C(O)C(=O)O. The van der Waals surface area contributed by atoms with Gasteiger partial charge in [0.1, 0.15) is 0 Å². The van der Waals surface area contributed by atoms with Gasteiger partial charge >= 0.3 is 11.9 Å². The molecule has 0 spiro atoms. The summed E-state index contributed by atoms with van der Waals surface area (Å²) in [4.78, 5) is 23.7. The van der Waals surface area contributed by atoms with E-state index in [1.165, 1.54) is 0 Å². The molecule has 112 valence electrons. The fraction of sp³-hybridized carbons (Fsp3) is 0.364. The van der Waals surface area contributed by atoms with E-state index in [4.69, 9.17) is 26.3 Å². The van der Waals surface area contributed by atoms with Crippen LogP contribution in [0.5, 0.6) is 0 Å². The lowest BCUT2D eigenvalue weighted by atomic mass is 10.2. The summed E-state index contributed by atoms with van der Waals surface area (Å²) in [6.45, 7) is 0.775. The predicted octanol–water partition coefficient (Wildman–Crippen LogP) is -2.04. The van der Waals surface area contributed by atoms with Gasteiger partial charge in [0.05, 0.1) is 0 Å². The van der Waals surface area contributed by atoms with E-state index >= 15 is 0 Å². The number of carboxylic acids is 2. The number of aromatic nitrogens is 1. The number of hydrazine groups is 1. The van der Waals surface area contributed by atoms with E-state index in [-0.39, 0.29) is 0 Å². The number of aliphatic hydroxyl groups excluding tert-OH is 2. The highest BCUT2D eigenvalue weighted by Gasteiger charge is 2.29. The lowest BCUT2D eigenvalue weighted by Gasteiger charge is -2.07. The molecule has 7 N–H and O–H groups in total. The number of rotatable bonds is 6. The molecular formula is C11H17N3O6. The summed E-state index contributed by atoms with van der Waals surface area (Å²) < 4.78 is 0. The Morgan fingerprint density at radius 2 is 1.75 bits per heavy atom. The Bertz CT molecular complexity index is 396. The van der Waals surface area contributed by atoms with Crippen LogP contribution in [-0.2, 0) is 16.0 Å². The Labute approximate surface area is 114 Å². The third-order valence-electron chi connectivity index (χ3n) is 2.06. The van der Waals surface area contributed by atoms with Crippen LogP contribution in [-0.4, -0.2) is 56.1 Å². The minimum absolute atomic E-state index is 0.775. The van der Waals surface area contributed by atoms with Gasteiger partial charge in [-0.3, -0.25) is 16.3 Å². The number of nitrogens with two attached hydrogens (primary N) is 1. The number of carboxylic acid groups (broad SMARTS) is 2. The second-order valence-electron chi connectivity index (χ2n) is 3.59. The minimum atomic E-state index is -2.27. The van der Waals surface area contributed by atoms with Crippen molar-refractivity contribution >= 4 is 11.9 Å². The van der Waals surface area contributed by atoms with Gasteiger partial charge in [0, 0.05) is 24.9 Å². The second-order valence-corrected chi connectivity index (χ2v) is 3.59. The standard InChI is InChI=1S/C7H11N3.C4H6O6/c8-10-6-4-7-3-1-2-5-9-7;5-1(3(7)8)2(6)4(9)10/h1-3,5,10H,4,6,8H2;1-2,5-6H,(H,7,8)(H,9,10). The summed E-state index contributed by atoms with van der Waals surface area (Å²) in [5.41, 5.74) is 3.65. The number of pyridine rings is 1. The molecule has 0 saturated heterocycles. The van der Waals surface area contributed by atoms with Crippen LogP contribution in [0.15, 0.2) is 24.4 Å². The van der Waals surface area contributed by atoms with Crippen LogP contribution in [0.1, 0.15) is 5.69 Å². The Balaban J connectivity index is 0.000000361. The topological polar surface area (TPSA) is 166 Å². The molecule has 9 nitrogen and oxygen atoms in total. The van der Waals surface area contributed by atoms with Crippen molar-refractivity contribution in [3.63, 3.8) is 0 Å². The molecule has 20 heavy (non-hydrogen) atoms. The number of hydrogen-bond acceptors (Lipinski definition) is 7. The Morgan fingerprint density at radius 1 is 1.20 bits per heavy atom. The highest BCUT2D eigenvalue weighted by atomic mass is 16.4. The lowest BCUT2D eigenvalue weighted by Crippen LogP contribution is -2.39. The highest BCUT2D eigenvalue weighted by molar-refractivity contribution is 5.83. The molecule has 0 saturated carbocycles. The van der Waals surface area contributed by atoms with E-state index in [2.05, 4.69) is 10.4 Å². The van der Waals surface area contributed by atoms with Crippen molar-refractivity contribution in [2.75, 3.05) is 6.54 Å². The van der Waals surface area contributed by atoms with Gasteiger partial charge in [0.2, 0.25) is 0 Å². The number of aliphatic hydroxyl groups is 2. The molecule has 1 aromatic rings. The van der Waals surface area contributed by atoms with Crippen molar-refractivity contribution < 1.29 is 30.0 Å². The highest BCUT2D eigenvalue weighted by Crippen LogP contribution is 1.93. The Hall–Kier alpha value is -2.07. The molecule has 2 unspecified atom stereocenters. The van der Waals surface area contributed by atoms with Crippen molar-refractivity contribution in [3.8, 4) is 0 Å². The molecule has 2 atom stereocenters. The zero-order valence-corrected chi connectivity index (χ0v) is 10.5. The predicted molar refractivity (Wildman–Crippen MR) is 67.4 cm³/mol. The maximum Gasteiger partial charge on any atom is 0.335 e. The Morgan fingerprint density at radius 3 is 2.10 bits per heavy atom. The van der Waals surface area contributed by atoms with Crippen molar-refractivity contribution in [1.29, 1.82) is 0 Å². The third-order valence-corrected chi connectivity index (χ3v) is 2.06. The monoisotopic (exact) mass is 287 g/mol. The molecule has 1 heterocycles. The maximum atomic E-state index is 9.77. The van der Waals surface area contributed by atoms with E-state index in [1.54, 1.807) is 6.20 Å². The maximum absolute atomic E-state index is 9.77.